The Morgan fingerprint density at radius 3 is 2.59 bits per heavy atom. The Labute approximate surface area is 154 Å². The van der Waals surface area contributed by atoms with E-state index in [9.17, 15) is 19.2 Å². The molecule has 2 aliphatic rings. The molecule has 2 saturated carbocycles. The van der Waals surface area contributed by atoms with Gasteiger partial charge in [-0.2, -0.15) is 0 Å². The first-order chi connectivity index (χ1) is 13.0. The van der Waals surface area contributed by atoms with Crippen LogP contribution in [0.2, 0.25) is 0 Å². The van der Waals surface area contributed by atoms with Crippen LogP contribution in [-0.4, -0.2) is 28.6 Å². The Bertz CT molecular complexity index is 1010. The van der Waals surface area contributed by atoms with Gasteiger partial charge in [0, 0.05) is 6.42 Å². The fourth-order valence-corrected chi connectivity index (χ4v) is 4.64. The van der Waals surface area contributed by atoms with Gasteiger partial charge in [0.25, 0.3) is 11.1 Å². The lowest BCUT2D eigenvalue weighted by atomic mass is 9.86. The van der Waals surface area contributed by atoms with Gasteiger partial charge in [0.05, 0.1) is 23.0 Å². The first-order valence-corrected chi connectivity index (χ1v) is 9.31. The maximum atomic E-state index is 12.2. The third-order valence-electron chi connectivity index (χ3n) is 5.88. The molecule has 2 aromatic rings. The smallest absolute Gasteiger partial charge is 0.272 e. The van der Waals surface area contributed by atoms with E-state index in [1.807, 2.05) is 0 Å². The van der Waals surface area contributed by atoms with Gasteiger partial charge in [0.15, 0.2) is 0 Å². The quantitative estimate of drug-likeness (QED) is 0.629. The Hall–Kier alpha value is -2.90. The SMILES string of the molecule is O=C(CC1CC2CCC1C2)NCC(=O)Nc1cccc2c(=O)[nH][nH]c(=O)c12. The van der Waals surface area contributed by atoms with E-state index >= 15 is 0 Å². The molecule has 0 aliphatic heterocycles. The molecule has 2 amide bonds. The molecule has 8 nitrogen and oxygen atoms in total. The summed E-state index contributed by atoms with van der Waals surface area (Å²) >= 11 is 0. The molecule has 2 bridgehead atoms. The molecule has 142 valence electrons. The third-order valence-corrected chi connectivity index (χ3v) is 5.88. The summed E-state index contributed by atoms with van der Waals surface area (Å²) < 4.78 is 0. The van der Waals surface area contributed by atoms with E-state index in [0.717, 1.165) is 12.3 Å². The van der Waals surface area contributed by atoms with Crippen molar-refractivity contribution >= 4 is 28.3 Å². The van der Waals surface area contributed by atoms with Crippen LogP contribution in [0.5, 0.6) is 0 Å². The lowest BCUT2D eigenvalue weighted by molar-refractivity contribution is -0.125. The summed E-state index contributed by atoms with van der Waals surface area (Å²) in [6.07, 6.45) is 5.35. The van der Waals surface area contributed by atoms with Crippen molar-refractivity contribution in [1.29, 1.82) is 0 Å². The fourth-order valence-electron chi connectivity index (χ4n) is 4.64. The zero-order chi connectivity index (χ0) is 19.0. The number of hydrogen-bond acceptors (Lipinski definition) is 4. The highest BCUT2D eigenvalue weighted by atomic mass is 16.2. The number of aromatic nitrogens is 2. The van der Waals surface area contributed by atoms with E-state index < -0.39 is 17.0 Å². The predicted molar refractivity (Wildman–Crippen MR) is 100 cm³/mol. The van der Waals surface area contributed by atoms with Crippen LogP contribution in [0.3, 0.4) is 0 Å². The van der Waals surface area contributed by atoms with E-state index in [1.165, 1.54) is 25.3 Å². The lowest BCUT2D eigenvalue weighted by Gasteiger charge is -2.20. The predicted octanol–water partition coefficient (Wildman–Crippen LogP) is 1.10. The van der Waals surface area contributed by atoms with Crippen LogP contribution >= 0.6 is 0 Å². The highest BCUT2D eigenvalue weighted by Crippen LogP contribution is 2.49. The zero-order valence-corrected chi connectivity index (χ0v) is 14.8. The summed E-state index contributed by atoms with van der Waals surface area (Å²) in [5, 5.41) is 10.1. The molecule has 27 heavy (non-hydrogen) atoms. The molecular formula is C19H22N4O4. The Morgan fingerprint density at radius 2 is 1.85 bits per heavy atom. The number of amides is 2. The van der Waals surface area contributed by atoms with Crippen LogP contribution in [0.1, 0.15) is 32.1 Å². The second-order valence-corrected chi connectivity index (χ2v) is 7.60. The minimum atomic E-state index is -0.499. The Morgan fingerprint density at radius 1 is 1.04 bits per heavy atom. The first-order valence-electron chi connectivity index (χ1n) is 9.31. The second kappa shape index (κ2) is 7.02. The average molecular weight is 370 g/mol. The molecule has 0 spiro atoms. The average Bonchev–Trinajstić information content (AvgIpc) is 3.26. The van der Waals surface area contributed by atoms with E-state index in [4.69, 9.17) is 0 Å². The number of fused-ring (bicyclic) bond motifs is 3. The molecule has 0 radical (unpaired) electrons. The Balaban J connectivity index is 1.36. The molecule has 4 N–H and O–H groups in total. The van der Waals surface area contributed by atoms with Crippen molar-refractivity contribution in [3.8, 4) is 0 Å². The molecule has 3 atom stereocenters. The van der Waals surface area contributed by atoms with Crippen molar-refractivity contribution in [3.05, 3.63) is 38.9 Å². The zero-order valence-electron chi connectivity index (χ0n) is 14.8. The topological polar surface area (TPSA) is 124 Å². The normalized spacial score (nSPS) is 23.5. The summed E-state index contributed by atoms with van der Waals surface area (Å²) in [6.45, 7) is -0.170. The highest BCUT2D eigenvalue weighted by Gasteiger charge is 2.40. The van der Waals surface area contributed by atoms with Crippen LogP contribution in [0.15, 0.2) is 27.8 Å². The fraction of sp³-hybridized carbons (Fsp3) is 0.474. The number of hydrogen-bond donors (Lipinski definition) is 4. The number of aromatic amines is 2. The molecule has 1 aromatic heterocycles. The van der Waals surface area contributed by atoms with Gasteiger partial charge in [-0.15, -0.1) is 0 Å². The molecule has 1 heterocycles. The second-order valence-electron chi connectivity index (χ2n) is 7.60. The molecule has 0 saturated heterocycles. The van der Waals surface area contributed by atoms with Crippen molar-refractivity contribution in [1.82, 2.24) is 15.5 Å². The number of anilines is 1. The third kappa shape index (κ3) is 3.51. The lowest BCUT2D eigenvalue weighted by Crippen LogP contribution is -2.34. The minimum Gasteiger partial charge on any atom is -0.347 e. The standard InChI is InChI=1S/C19H22N4O4/c24-15(8-12-7-10-4-5-11(12)6-10)20-9-16(25)21-14-3-1-2-13-17(14)19(27)23-22-18(13)26/h1-3,10-12H,4-9H2,(H,20,24)(H,21,25)(H,22,26)(H,23,27). The number of benzene rings is 1. The van der Waals surface area contributed by atoms with E-state index in [-0.39, 0.29) is 28.9 Å². The number of rotatable bonds is 5. The summed E-state index contributed by atoms with van der Waals surface area (Å²) in [6, 6.07) is 4.64. The molecular weight excluding hydrogens is 348 g/mol. The van der Waals surface area contributed by atoms with Gasteiger partial charge in [-0.1, -0.05) is 12.5 Å². The van der Waals surface area contributed by atoms with Gasteiger partial charge in [-0.05, 0) is 49.1 Å². The molecule has 2 fully saturated rings. The van der Waals surface area contributed by atoms with Crippen molar-refractivity contribution in [2.45, 2.75) is 32.1 Å². The molecule has 1 aromatic carbocycles. The largest absolute Gasteiger partial charge is 0.347 e. The highest BCUT2D eigenvalue weighted by molar-refractivity contribution is 6.02. The van der Waals surface area contributed by atoms with Gasteiger partial charge in [0.1, 0.15) is 0 Å². The maximum Gasteiger partial charge on any atom is 0.272 e. The van der Waals surface area contributed by atoms with Crippen LogP contribution in [-0.2, 0) is 9.59 Å². The van der Waals surface area contributed by atoms with Gasteiger partial charge in [-0.25, -0.2) is 0 Å². The summed E-state index contributed by atoms with van der Waals surface area (Å²) in [4.78, 5) is 48.2. The van der Waals surface area contributed by atoms with E-state index in [2.05, 4.69) is 20.8 Å². The van der Waals surface area contributed by atoms with Crippen molar-refractivity contribution in [3.63, 3.8) is 0 Å². The molecule has 8 heteroatoms. The maximum absolute atomic E-state index is 12.2. The van der Waals surface area contributed by atoms with Crippen LogP contribution in [0, 0.1) is 17.8 Å². The van der Waals surface area contributed by atoms with Crippen molar-refractivity contribution in [2.75, 3.05) is 11.9 Å². The first kappa shape index (κ1) is 17.5. The van der Waals surface area contributed by atoms with Crippen LogP contribution < -0.4 is 21.8 Å². The number of nitrogens with one attached hydrogen (secondary N) is 4. The van der Waals surface area contributed by atoms with Gasteiger partial charge in [0.2, 0.25) is 11.8 Å². The Kier molecular flexibility index (Phi) is 4.55. The van der Waals surface area contributed by atoms with Crippen molar-refractivity contribution in [2.24, 2.45) is 17.8 Å². The van der Waals surface area contributed by atoms with E-state index in [1.54, 1.807) is 12.1 Å². The number of carbonyl (C=O) groups is 2. The minimum absolute atomic E-state index is 0.114. The summed E-state index contributed by atoms with van der Waals surface area (Å²) in [5.74, 6) is 1.33. The number of carbonyl (C=O) groups excluding carboxylic acids is 2. The summed E-state index contributed by atoms with van der Waals surface area (Å²) in [7, 11) is 0. The monoisotopic (exact) mass is 370 g/mol. The van der Waals surface area contributed by atoms with Crippen molar-refractivity contribution < 1.29 is 9.59 Å². The number of H-pyrrole nitrogens is 2. The van der Waals surface area contributed by atoms with Crippen LogP contribution in [0.4, 0.5) is 5.69 Å². The van der Waals surface area contributed by atoms with Gasteiger partial charge in [-0.3, -0.25) is 29.4 Å². The van der Waals surface area contributed by atoms with E-state index in [0.29, 0.717) is 18.3 Å². The van der Waals surface area contributed by atoms with Gasteiger partial charge >= 0.3 is 0 Å². The van der Waals surface area contributed by atoms with Gasteiger partial charge < -0.3 is 10.6 Å². The van der Waals surface area contributed by atoms with Crippen LogP contribution in [0.25, 0.3) is 10.8 Å². The molecule has 2 aliphatic carbocycles. The molecule has 4 rings (SSSR count). The summed E-state index contributed by atoms with van der Waals surface area (Å²) in [5.41, 5.74) is -0.701. The molecule has 3 unspecified atom stereocenters.